The maximum atomic E-state index is 6.01. The number of aromatic nitrogens is 1. The van der Waals surface area contributed by atoms with Gasteiger partial charge in [0.2, 0.25) is 0 Å². The van der Waals surface area contributed by atoms with Crippen LogP contribution in [0.15, 0.2) is 30.7 Å². The fourth-order valence-electron chi connectivity index (χ4n) is 3.11. The smallest absolute Gasteiger partial charge is 0.0738 e. The quantitative estimate of drug-likeness (QED) is 0.819. The van der Waals surface area contributed by atoms with Crippen LogP contribution < -0.4 is 10.6 Å². The molecule has 0 aliphatic carbocycles. The zero-order valence-corrected chi connectivity index (χ0v) is 10.7. The SMILES string of the molecule is C=C1CCCC2CN(c3ccncc3N)CCN12. The molecule has 3 heterocycles. The standard InChI is InChI=1S/C14H20N4/c1-11-3-2-4-12-10-17(7-8-18(11)12)14-5-6-16-9-13(14)15/h5-6,9,12H,1-4,7-8,10,15H2. The number of anilines is 2. The fourth-order valence-corrected chi connectivity index (χ4v) is 3.11. The van der Waals surface area contributed by atoms with Gasteiger partial charge in [-0.25, -0.2) is 0 Å². The van der Waals surface area contributed by atoms with Crippen LogP contribution in [0.3, 0.4) is 0 Å². The Balaban J connectivity index is 1.78. The van der Waals surface area contributed by atoms with Crippen molar-refractivity contribution in [2.45, 2.75) is 25.3 Å². The highest BCUT2D eigenvalue weighted by Gasteiger charge is 2.30. The number of rotatable bonds is 1. The second kappa shape index (κ2) is 4.52. The van der Waals surface area contributed by atoms with Crippen molar-refractivity contribution in [3.05, 3.63) is 30.7 Å². The zero-order chi connectivity index (χ0) is 12.5. The highest BCUT2D eigenvalue weighted by Crippen LogP contribution is 2.31. The first-order valence-electron chi connectivity index (χ1n) is 6.64. The molecule has 3 rings (SSSR count). The summed E-state index contributed by atoms with van der Waals surface area (Å²) in [6, 6.07) is 2.62. The maximum Gasteiger partial charge on any atom is 0.0738 e. The third-order valence-corrected chi connectivity index (χ3v) is 4.06. The van der Waals surface area contributed by atoms with Gasteiger partial charge in [0.1, 0.15) is 0 Å². The third kappa shape index (κ3) is 1.92. The van der Waals surface area contributed by atoms with Crippen molar-refractivity contribution >= 4 is 11.4 Å². The number of hydrogen-bond acceptors (Lipinski definition) is 4. The van der Waals surface area contributed by atoms with Crippen LogP contribution in [-0.2, 0) is 0 Å². The van der Waals surface area contributed by atoms with Crippen LogP contribution in [0.4, 0.5) is 11.4 Å². The molecule has 0 saturated carbocycles. The molecule has 0 radical (unpaired) electrons. The minimum Gasteiger partial charge on any atom is -0.396 e. The van der Waals surface area contributed by atoms with E-state index in [4.69, 9.17) is 5.73 Å². The monoisotopic (exact) mass is 244 g/mol. The minimum atomic E-state index is 0.604. The number of nitrogen functional groups attached to an aromatic ring is 1. The summed E-state index contributed by atoms with van der Waals surface area (Å²) in [4.78, 5) is 8.93. The number of allylic oxidation sites excluding steroid dienone is 1. The first kappa shape index (κ1) is 11.4. The first-order chi connectivity index (χ1) is 8.75. The Morgan fingerprint density at radius 2 is 2.28 bits per heavy atom. The average Bonchev–Trinajstić information content (AvgIpc) is 2.39. The molecule has 0 aromatic carbocycles. The van der Waals surface area contributed by atoms with Crippen molar-refractivity contribution in [1.29, 1.82) is 0 Å². The first-order valence-corrected chi connectivity index (χ1v) is 6.64. The minimum absolute atomic E-state index is 0.604. The van der Waals surface area contributed by atoms with Crippen LogP contribution in [0, 0.1) is 0 Å². The normalized spacial score (nSPS) is 24.0. The Bertz CT molecular complexity index is 457. The average molecular weight is 244 g/mol. The zero-order valence-electron chi connectivity index (χ0n) is 10.7. The van der Waals surface area contributed by atoms with E-state index in [0.29, 0.717) is 6.04 Å². The molecule has 0 amide bonds. The van der Waals surface area contributed by atoms with Gasteiger partial charge in [0, 0.05) is 37.6 Å². The van der Waals surface area contributed by atoms with Crippen molar-refractivity contribution in [3.63, 3.8) is 0 Å². The molecule has 2 aliphatic heterocycles. The van der Waals surface area contributed by atoms with Crippen LogP contribution in [0.2, 0.25) is 0 Å². The lowest BCUT2D eigenvalue weighted by atomic mass is 9.97. The Kier molecular flexibility index (Phi) is 2.86. The molecule has 2 N–H and O–H groups in total. The van der Waals surface area contributed by atoms with Gasteiger partial charge in [-0.1, -0.05) is 6.58 Å². The van der Waals surface area contributed by atoms with Gasteiger partial charge in [0.25, 0.3) is 0 Å². The van der Waals surface area contributed by atoms with E-state index in [1.807, 2.05) is 12.3 Å². The summed E-state index contributed by atoms with van der Waals surface area (Å²) in [5.74, 6) is 0. The number of fused-ring (bicyclic) bond motifs is 1. The summed E-state index contributed by atoms with van der Waals surface area (Å²) in [6.45, 7) is 7.31. The number of piperazine rings is 1. The van der Waals surface area contributed by atoms with Gasteiger partial charge >= 0.3 is 0 Å². The van der Waals surface area contributed by atoms with Crippen LogP contribution in [-0.4, -0.2) is 35.6 Å². The predicted octanol–water partition coefficient (Wildman–Crippen LogP) is 1.85. The molecular weight excluding hydrogens is 224 g/mol. The van der Waals surface area contributed by atoms with Crippen molar-refractivity contribution < 1.29 is 0 Å². The number of nitrogens with two attached hydrogens (primary N) is 1. The van der Waals surface area contributed by atoms with E-state index in [1.165, 1.54) is 18.5 Å². The van der Waals surface area contributed by atoms with Crippen molar-refractivity contribution in [2.75, 3.05) is 30.3 Å². The Labute approximate surface area is 108 Å². The van der Waals surface area contributed by atoms with E-state index in [1.54, 1.807) is 6.20 Å². The molecule has 1 aromatic heterocycles. The van der Waals surface area contributed by atoms with Crippen molar-refractivity contribution in [1.82, 2.24) is 9.88 Å². The lowest BCUT2D eigenvalue weighted by Gasteiger charge is -2.47. The van der Waals surface area contributed by atoms with Crippen LogP contribution >= 0.6 is 0 Å². The van der Waals surface area contributed by atoms with Gasteiger partial charge in [-0.3, -0.25) is 4.98 Å². The van der Waals surface area contributed by atoms with Gasteiger partial charge in [0.05, 0.1) is 17.6 Å². The van der Waals surface area contributed by atoms with Crippen molar-refractivity contribution in [2.24, 2.45) is 0 Å². The molecule has 1 aromatic rings. The lowest BCUT2D eigenvalue weighted by molar-refractivity contribution is 0.181. The van der Waals surface area contributed by atoms with E-state index in [9.17, 15) is 0 Å². The van der Waals surface area contributed by atoms with Gasteiger partial charge in [-0.2, -0.15) is 0 Å². The second-order valence-electron chi connectivity index (χ2n) is 5.19. The highest BCUT2D eigenvalue weighted by atomic mass is 15.3. The predicted molar refractivity (Wildman–Crippen MR) is 74.3 cm³/mol. The van der Waals surface area contributed by atoms with Gasteiger partial charge < -0.3 is 15.5 Å². The van der Waals surface area contributed by atoms with E-state index < -0.39 is 0 Å². The summed E-state index contributed by atoms with van der Waals surface area (Å²) in [7, 11) is 0. The molecule has 1 unspecified atom stereocenters. The number of pyridine rings is 1. The highest BCUT2D eigenvalue weighted by molar-refractivity contribution is 5.66. The van der Waals surface area contributed by atoms with Gasteiger partial charge in [0.15, 0.2) is 0 Å². The molecule has 2 saturated heterocycles. The van der Waals surface area contributed by atoms with E-state index in [-0.39, 0.29) is 0 Å². The summed E-state index contributed by atoms with van der Waals surface area (Å²) in [5, 5.41) is 0. The second-order valence-corrected chi connectivity index (χ2v) is 5.19. The molecule has 0 spiro atoms. The third-order valence-electron chi connectivity index (χ3n) is 4.06. The summed E-state index contributed by atoms with van der Waals surface area (Å²) in [5.41, 5.74) is 9.23. The molecule has 1 atom stereocenters. The molecule has 0 bridgehead atoms. The summed E-state index contributed by atoms with van der Waals surface area (Å²) < 4.78 is 0. The largest absolute Gasteiger partial charge is 0.396 e. The molecule has 18 heavy (non-hydrogen) atoms. The van der Waals surface area contributed by atoms with Gasteiger partial charge in [-0.05, 0) is 25.3 Å². The van der Waals surface area contributed by atoms with Crippen molar-refractivity contribution in [3.8, 4) is 0 Å². The van der Waals surface area contributed by atoms with E-state index in [2.05, 4.69) is 21.4 Å². The molecule has 4 nitrogen and oxygen atoms in total. The van der Waals surface area contributed by atoms with E-state index >= 15 is 0 Å². The molecular formula is C14H20N4. The van der Waals surface area contributed by atoms with Crippen LogP contribution in [0.25, 0.3) is 0 Å². The van der Waals surface area contributed by atoms with Gasteiger partial charge in [-0.15, -0.1) is 0 Å². The molecule has 2 aliphatic rings. The molecule has 96 valence electrons. The number of nitrogens with zero attached hydrogens (tertiary/aromatic N) is 3. The van der Waals surface area contributed by atoms with Crippen LogP contribution in [0.1, 0.15) is 19.3 Å². The number of hydrogen-bond donors (Lipinski definition) is 1. The summed E-state index contributed by atoms with van der Waals surface area (Å²) in [6.07, 6.45) is 7.24. The maximum absolute atomic E-state index is 6.01. The Morgan fingerprint density at radius 1 is 1.39 bits per heavy atom. The number of piperidine rings is 1. The Morgan fingerprint density at radius 3 is 3.11 bits per heavy atom. The fraction of sp³-hybridized carbons (Fsp3) is 0.500. The Hall–Kier alpha value is -1.71. The topological polar surface area (TPSA) is 45.4 Å². The van der Waals surface area contributed by atoms with E-state index in [0.717, 1.165) is 37.4 Å². The summed E-state index contributed by atoms with van der Waals surface area (Å²) >= 11 is 0. The lowest BCUT2D eigenvalue weighted by Crippen LogP contribution is -2.54. The molecule has 2 fully saturated rings. The van der Waals surface area contributed by atoms with Crippen LogP contribution in [0.5, 0.6) is 0 Å². The molecule has 4 heteroatoms.